The van der Waals surface area contributed by atoms with E-state index in [9.17, 15) is 0 Å². The lowest BCUT2D eigenvalue weighted by atomic mass is 9.91. The molecule has 0 fully saturated rings. The van der Waals surface area contributed by atoms with Crippen LogP contribution in [0, 0.1) is 0 Å². The number of benzene rings is 6. The van der Waals surface area contributed by atoms with E-state index in [-0.39, 0.29) is 0 Å². The van der Waals surface area contributed by atoms with Gasteiger partial charge in [0.2, 0.25) is 5.71 Å². The van der Waals surface area contributed by atoms with E-state index in [1.165, 1.54) is 0 Å². The molecule has 0 aliphatic heterocycles. The molecule has 57 heavy (non-hydrogen) atoms. The summed E-state index contributed by atoms with van der Waals surface area (Å²) in [5, 5.41) is 0. The molecule has 0 atom stereocenters. The monoisotopic (exact) mass is 733 g/mol. The van der Waals surface area contributed by atoms with E-state index in [1.807, 2.05) is 53.5 Å². The molecule has 0 aliphatic rings. The molecule has 6 aromatic carbocycles. The van der Waals surface area contributed by atoms with Gasteiger partial charge in [0.25, 0.3) is 0 Å². The van der Waals surface area contributed by atoms with Crippen molar-refractivity contribution in [2.24, 2.45) is 0 Å². The highest BCUT2D eigenvalue weighted by Gasteiger charge is 2.21. The van der Waals surface area contributed by atoms with E-state index < -0.39 is 0 Å². The van der Waals surface area contributed by atoms with Crippen LogP contribution in [0.25, 0.3) is 101 Å². The van der Waals surface area contributed by atoms with Crippen LogP contribution < -0.4 is 0 Å². The van der Waals surface area contributed by atoms with Gasteiger partial charge in [-0.1, -0.05) is 127 Å². The molecule has 0 amide bonds. The van der Waals surface area contributed by atoms with Crippen molar-refractivity contribution in [3.63, 3.8) is 0 Å². The van der Waals surface area contributed by atoms with Crippen molar-refractivity contribution in [2.45, 2.75) is 0 Å². The predicted molar refractivity (Wildman–Crippen MR) is 226 cm³/mol. The molecule has 0 spiro atoms. The fourth-order valence-corrected chi connectivity index (χ4v) is 7.77. The molecule has 11 aromatic rings. The number of imidazole rings is 2. The molecule has 11 rings (SSSR count). The summed E-state index contributed by atoms with van der Waals surface area (Å²) in [6.07, 6.45) is 7.26. The van der Waals surface area contributed by atoms with E-state index in [1.54, 1.807) is 12.5 Å². The maximum Gasteiger partial charge on any atom is 0.234 e. The van der Waals surface area contributed by atoms with E-state index in [2.05, 4.69) is 132 Å². The normalized spacial score (nSPS) is 11.5. The first-order valence-electron chi connectivity index (χ1n) is 18.7. The second-order valence-corrected chi connectivity index (χ2v) is 13.8. The van der Waals surface area contributed by atoms with Crippen LogP contribution in [-0.2, 0) is 0 Å². The fraction of sp³-hybridized carbons (Fsp3) is 0. The van der Waals surface area contributed by atoms with Gasteiger partial charge in [-0.25, -0.2) is 19.9 Å². The molecule has 0 N–H and O–H groups in total. The third-order valence-corrected chi connectivity index (χ3v) is 10.5. The number of aromatic nitrogens is 7. The Bertz CT molecular complexity index is 3180. The van der Waals surface area contributed by atoms with Gasteiger partial charge in [0.15, 0.2) is 16.9 Å². The summed E-state index contributed by atoms with van der Waals surface area (Å²) >= 11 is 0. The number of hydrogen-bond donors (Lipinski definition) is 0. The quantitative estimate of drug-likeness (QED) is 0.162. The molecule has 0 radical (unpaired) electrons. The van der Waals surface area contributed by atoms with Crippen LogP contribution in [0.3, 0.4) is 0 Å². The van der Waals surface area contributed by atoms with Gasteiger partial charge < -0.3 is 4.42 Å². The Morgan fingerprint density at radius 3 is 1.82 bits per heavy atom. The minimum atomic E-state index is 0.566. The highest BCUT2D eigenvalue weighted by Crippen LogP contribution is 2.40. The summed E-state index contributed by atoms with van der Waals surface area (Å²) in [6, 6.07) is 56.1. The average Bonchev–Trinajstić information content (AvgIpc) is 4.01. The van der Waals surface area contributed by atoms with Gasteiger partial charge in [0.05, 0.1) is 28.6 Å². The summed E-state index contributed by atoms with van der Waals surface area (Å²) in [7, 11) is 0. The Labute approximate surface area is 327 Å². The Hall–Kier alpha value is -7.97. The van der Waals surface area contributed by atoms with Gasteiger partial charge in [-0.05, 0) is 64.2 Å². The molecule has 5 aromatic heterocycles. The second kappa shape index (κ2) is 13.4. The third kappa shape index (κ3) is 5.58. The number of nitrogens with zero attached hydrogens (tertiary/aromatic N) is 7. The van der Waals surface area contributed by atoms with Crippen LogP contribution in [-0.4, -0.2) is 34.1 Å². The Morgan fingerprint density at radius 1 is 0.456 bits per heavy atom. The summed E-state index contributed by atoms with van der Waals surface area (Å²) < 4.78 is 10.5. The van der Waals surface area contributed by atoms with Crippen molar-refractivity contribution in [3.8, 4) is 67.4 Å². The highest BCUT2D eigenvalue weighted by molar-refractivity contribution is 6.01. The number of pyridine rings is 1. The first-order valence-corrected chi connectivity index (χ1v) is 18.7. The maximum absolute atomic E-state index is 6.47. The second-order valence-electron chi connectivity index (χ2n) is 13.8. The van der Waals surface area contributed by atoms with Gasteiger partial charge in [0.1, 0.15) is 18.2 Å². The van der Waals surface area contributed by atoms with E-state index in [0.717, 1.165) is 72.6 Å². The van der Waals surface area contributed by atoms with Crippen LogP contribution in [0.4, 0.5) is 0 Å². The van der Waals surface area contributed by atoms with Crippen LogP contribution >= 0.6 is 0 Å². The zero-order valence-electron chi connectivity index (χ0n) is 30.4. The zero-order chi connectivity index (χ0) is 37.7. The number of fused-ring (bicyclic) bond motifs is 4. The van der Waals surface area contributed by atoms with Crippen molar-refractivity contribution in [1.82, 2.24) is 34.1 Å². The van der Waals surface area contributed by atoms with Crippen molar-refractivity contribution in [2.75, 3.05) is 0 Å². The first-order chi connectivity index (χ1) is 28.3. The Morgan fingerprint density at radius 2 is 1.09 bits per heavy atom. The van der Waals surface area contributed by atoms with Crippen LogP contribution in [0.5, 0.6) is 0 Å². The predicted octanol–water partition coefficient (Wildman–Crippen LogP) is 11.6. The number of furan rings is 1. The van der Waals surface area contributed by atoms with Crippen molar-refractivity contribution in [1.29, 1.82) is 0 Å². The lowest BCUT2D eigenvalue weighted by molar-refractivity contribution is 0.640. The minimum absolute atomic E-state index is 0.566. The molecular formula is C49H31N7O. The SMILES string of the molecule is c1ccc(-c2cccnc2-c2cccc(-n3cnc4ccc(-n5cnc6c7nc(-c8c(-c9ccccc9)cccc8-c8ccccc8)ncc7oc65)cc43)c2)cc1. The van der Waals surface area contributed by atoms with Crippen LogP contribution in [0.2, 0.25) is 0 Å². The zero-order valence-corrected chi connectivity index (χ0v) is 30.4. The van der Waals surface area contributed by atoms with Gasteiger partial charge >= 0.3 is 0 Å². The maximum atomic E-state index is 6.47. The third-order valence-electron chi connectivity index (χ3n) is 10.5. The molecule has 0 bridgehead atoms. The highest BCUT2D eigenvalue weighted by atomic mass is 16.3. The Kier molecular flexibility index (Phi) is 7.63. The van der Waals surface area contributed by atoms with Crippen molar-refractivity contribution in [3.05, 3.63) is 189 Å². The van der Waals surface area contributed by atoms with E-state index in [4.69, 9.17) is 29.3 Å². The first kappa shape index (κ1) is 32.5. The molecule has 8 heteroatoms. The van der Waals surface area contributed by atoms with Crippen molar-refractivity contribution < 1.29 is 4.42 Å². The van der Waals surface area contributed by atoms with Crippen LogP contribution in [0.15, 0.2) is 193 Å². The van der Waals surface area contributed by atoms with Crippen molar-refractivity contribution >= 4 is 33.4 Å². The van der Waals surface area contributed by atoms with E-state index >= 15 is 0 Å². The Balaban J connectivity index is 1.00. The average molecular weight is 734 g/mol. The smallest absolute Gasteiger partial charge is 0.234 e. The lowest BCUT2D eigenvalue weighted by Crippen LogP contribution is -1.96. The molecule has 5 heterocycles. The van der Waals surface area contributed by atoms with Gasteiger partial charge in [-0.15, -0.1) is 0 Å². The summed E-state index contributed by atoms with van der Waals surface area (Å²) in [6.45, 7) is 0. The lowest BCUT2D eigenvalue weighted by Gasteiger charge is -2.14. The van der Waals surface area contributed by atoms with Gasteiger partial charge in [-0.3, -0.25) is 14.1 Å². The molecule has 0 saturated heterocycles. The molecule has 0 aliphatic carbocycles. The van der Waals surface area contributed by atoms with Gasteiger partial charge in [0, 0.05) is 28.6 Å². The van der Waals surface area contributed by atoms with Gasteiger partial charge in [-0.2, -0.15) is 0 Å². The van der Waals surface area contributed by atoms with Crippen LogP contribution in [0.1, 0.15) is 0 Å². The number of rotatable bonds is 7. The summed E-state index contributed by atoms with van der Waals surface area (Å²) in [4.78, 5) is 24.5. The molecule has 8 nitrogen and oxygen atoms in total. The molecule has 268 valence electrons. The minimum Gasteiger partial charge on any atom is -0.434 e. The number of hydrogen-bond acceptors (Lipinski definition) is 6. The largest absolute Gasteiger partial charge is 0.434 e. The summed E-state index contributed by atoms with van der Waals surface area (Å²) in [5.74, 6) is 0.604. The summed E-state index contributed by atoms with van der Waals surface area (Å²) in [5.41, 5.74) is 15.5. The standard InChI is InChI=1S/C49H31N7O/c1-4-13-32(14-5-1)38-21-11-22-39(33-15-6-2-7-16-33)44(38)48-51-29-43-46(54-48)47-49(57-43)56(31-53-47)37-24-25-41-42(28-37)55(30-52-41)36-20-10-19-35(27-36)45-40(23-12-26-50-45)34-17-8-3-9-18-34/h1-31H. The molecule has 0 saturated carbocycles. The fourth-order valence-electron chi connectivity index (χ4n) is 7.77. The van der Waals surface area contributed by atoms with E-state index in [0.29, 0.717) is 28.2 Å². The topological polar surface area (TPSA) is 87.5 Å². The molecular weight excluding hydrogens is 703 g/mol. The molecule has 0 unspecified atom stereocenters.